The second kappa shape index (κ2) is 11.6. The zero-order valence-corrected chi connectivity index (χ0v) is 18.0. The number of benzene rings is 2. The fourth-order valence-electron chi connectivity index (χ4n) is 2.41. The van der Waals surface area contributed by atoms with E-state index in [4.69, 9.17) is 21.1 Å². The molecule has 9 nitrogen and oxygen atoms in total. The Kier molecular flexibility index (Phi) is 9.14. The van der Waals surface area contributed by atoms with Crippen LogP contribution >= 0.6 is 11.6 Å². The minimum atomic E-state index is -2.25. The van der Waals surface area contributed by atoms with Crippen LogP contribution in [0.3, 0.4) is 0 Å². The molecule has 0 aliphatic rings. The Balaban J connectivity index is 2.14. The van der Waals surface area contributed by atoms with Gasteiger partial charge in [0.25, 0.3) is 0 Å². The summed E-state index contributed by atoms with van der Waals surface area (Å²) in [6.45, 7) is -0.150. The van der Waals surface area contributed by atoms with Gasteiger partial charge in [0.15, 0.2) is 23.2 Å². The van der Waals surface area contributed by atoms with E-state index in [-0.39, 0.29) is 24.5 Å². The zero-order chi connectivity index (χ0) is 24.7. The lowest BCUT2D eigenvalue weighted by atomic mass is 10.1. The molecule has 0 radical (unpaired) electrons. The summed E-state index contributed by atoms with van der Waals surface area (Å²) in [5, 5.41) is 10.2. The number of ketones is 1. The summed E-state index contributed by atoms with van der Waals surface area (Å²) in [4.78, 5) is 34.0. The first-order valence-corrected chi connectivity index (χ1v) is 9.50. The summed E-state index contributed by atoms with van der Waals surface area (Å²) in [5.74, 6) is -7.51. The molecule has 0 heterocycles. The molecule has 0 aliphatic heterocycles. The van der Waals surface area contributed by atoms with Crippen molar-refractivity contribution in [3.8, 4) is 11.5 Å². The van der Waals surface area contributed by atoms with Gasteiger partial charge in [0, 0.05) is 18.2 Å². The highest BCUT2D eigenvalue weighted by molar-refractivity contribution is 6.32. The van der Waals surface area contributed by atoms with Crippen molar-refractivity contribution in [1.29, 1.82) is 0 Å². The van der Waals surface area contributed by atoms with Crippen LogP contribution in [-0.2, 0) is 19.0 Å². The van der Waals surface area contributed by atoms with Crippen molar-refractivity contribution in [3.05, 3.63) is 68.0 Å². The van der Waals surface area contributed by atoms with Gasteiger partial charge >= 0.3 is 12.2 Å². The monoisotopic (exact) mass is 491 g/mol. The van der Waals surface area contributed by atoms with Crippen LogP contribution in [0, 0.1) is 34.5 Å². The van der Waals surface area contributed by atoms with Crippen molar-refractivity contribution in [2.24, 2.45) is 0 Å². The van der Waals surface area contributed by atoms with E-state index in [1.165, 1.54) is 25.3 Å². The first-order chi connectivity index (χ1) is 15.6. The first kappa shape index (κ1) is 26.0. The third kappa shape index (κ3) is 6.40. The molecular formula is C20H17ClF3NO8. The highest BCUT2D eigenvalue weighted by Gasteiger charge is 2.33. The summed E-state index contributed by atoms with van der Waals surface area (Å²) in [7, 11) is 1.33. The van der Waals surface area contributed by atoms with Crippen LogP contribution in [0.15, 0.2) is 24.3 Å². The molecule has 0 fully saturated rings. The molecule has 0 N–H and O–H groups in total. The molecule has 0 saturated carbocycles. The molecule has 178 valence electrons. The number of methoxy groups -OCH3 is 1. The zero-order valence-electron chi connectivity index (χ0n) is 17.2. The van der Waals surface area contributed by atoms with Crippen LogP contribution in [0.25, 0.3) is 0 Å². The number of nitrogens with zero attached hydrogens (tertiary/aromatic N) is 1. The quantitative estimate of drug-likeness (QED) is 0.0885. The van der Waals surface area contributed by atoms with E-state index in [0.29, 0.717) is 0 Å². The number of rotatable bonds is 11. The molecule has 2 aromatic rings. The number of hydrogen-bond donors (Lipinski definition) is 0. The fourth-order valence-corrected chi connectivity index (χ4v) is 2.67. The largest absolute Gasteiger partial charge is 0.456 e. The standard InChI is InChI=1S/C20H17ClF3NO8/c1-10-15(22)14(21)18(17(24)16(10)23)33-12-5-3-4-11(8-12)13(26)9-32-19(25(28)29)20(27)31-7-6-30-2/h3-5,8,19H,6-7,9H2,1-2H3. The van der Waals surface area contributed by atoms with E-state index < -0.39 is 63.3 Å². The molecule has 1 unspecified atom stereocenters. The van der Waals surface area contributed by atoms with Crippen molar-refractivity contribution in [2.75, 3.05) is 26.9 Å². The molecular weight excluding hydrogens is 475 g/mol. The van der Waals surface area contributed by atoms with Gasteiger partial charge in [-0.05, 0) is 19.1 Å². The van der Waals surface area contributed by atoms with E-state index in [1.807, 2.05) is 0 Å². The third-order valence-electron chi connectivity index (χ3n) is 4.12. The van der Waals surface area contributed by atoms with Crippen LogP contribution in [0.2, 0.25) is 5.02 Å². The normalized spacial score (nSPS) is 11.7. The lowest BCUT2D eigenvalue weighted by molar-refractivity contribution is -0.560. The summed E-state index contributed by atoms with van der Waals surface area (Å²) in [5.41, 5.74) is -0.751. The van der Waals surface area contributed by atoms with E-state index in [2.05, 4.69) is 9.47 Å². The highest BCUT2D eigenvalue weighted by atomic mass is 35.5. The number of ether oxygens (including phenoxy) is 4. The summed E-state index contributed by atoms with van der Waals surface area (Å²) in [6.07, 6.45) is -2.25. The average Bonchev–Trinajstić information content (AvgIpc) is 2.79. The fraction of sp³-hybridized carbons (Fsp3) is 0.300. The number of nitro groups is 1. The molecule has 0 saturated heterocycles. The molecule has 0 aromatic heterocycles. The number of Topliss-reactive ketones (excluding diaryl/α,β-unsaturated/α-hetero) is 1. The third-order valence-corrected chi connectivity index (χ3v) is 4.45. The number of carbonyl (C=O) groups is 2. The summed E-state index contributed by atoms with van der Waals surface area (Å²) in [6, 6.07) is 4.87. The number of esters is 1. The predicted molar refractivity (Wildman–Crippen MR) is 106 cm³/mol. The molecule has 1 atom stereocenters. The van der Waals surface area contributed by atoms with Crippen LogP contribution in [0.5, 0.6) is 11.5 Å². The summed E-state index contributed by atoms with van der Waals surface area (Å²) >= 11 is 5.71. The van der Waals surface area contributed by atoms with Gasteiger partial charge in [-0.2, -0.15) is 4.39 Å². The number of hydrogen-bond acceptors (Lipinski definition) is 8. The molecule has 0 aliphatic carbocycles. The first-order valence-electron chi connectivity index (χ1n) is 9.12. The molecule has 0 amide bonds. The van der Waals surface area contributed by atoms with E-state index >= 15 is 0 Å². The molecule has 13 heteroatoms. The van der Waals surface area contributed by atoms with Crippen molar-refractivity contribution in [3.63, 3.8) is 0 Å². The Morgan fingerprint density at radius 2 is 1.85 bits per heavy atom. The van der Waals surface area contributed by atoms with Crippen molar-refractivity contribution in [2.45, 2.75) is 13.2 Å². The second-order valence-corrected chi connectivity index (χ2v) is 6.75. The Morgan fingerprint density at radius 3 is 2.48 bits per heavy atom. The van der Waals surface area contributed by atoms with Gasteiger partial charge in [-0.15, -0.1) is 0 Å². The topological polar surface area (TPSA) is 114 Å². The second-order valence-electron chi connectivity index (χ2n) is 6.37. The van der Waals surface area contributed by atoms with Gasteiger partial charge in [0.1, 0.15) is 24.0 Å². The Labute approximate surface area is 190 Å². The maximum atomic E-state index is 14.2. The van der Waals surface area contributed by atoms with Gasteiger partial charge in [0.2, 0.25) is 5.82 Å². The van der Waals surface area contributed by atoms with Crippen LogP contribution in [-0.4, -0.2) is 49.8 Å². The highest BCUT2D eigenvalue weighted by Crippen LogP contribution is 2.37. The van der Waals surface area contributed by atoms with Crippen LogP contribution in [0.1, 0.15) is 15.9 Å². The maximum Gasteiger partial charge on any atom is 0.413 e. The number of carbonyl (C=O) groups excluding carboxylic acids is 2. The average molecular weight is 492 g/mol. The van der Waals surface area contributed by atoms with E-state index in [9.17, 15) is 32.9 Å². The van der Waals surface area contributed by atoms with Gasteiger partial charge < -0.3 is 14.2 Å². The van der Waals surface area contributed by atoms with Crippen molar-refractivity contribution >= 4 is 23.4 Å². The Bertz CT molecular complexity index is 1040. The lowest BCUT2D eigenvalue weighted by Gasteiger charge is -2.13. The molecule has 2 aromatic carbocycles. The van der Waals surface area contributed by atoms with Crippen LogP contribution < -0.4 is 4.74 Å². The molecule has 33 heavy (non-hydrogen) atoms. The van der Waals surface area contributed by atoms with Gasteiger partial charge in [-0.3, -0.25) is 19.6 Å². The van der Waals surface area contributed by atoms with Crippen molar-refractivity contribution < 1.29 is 46.6 Å². The SMILES string of the molecule is COCCOC(=O)C(OCC(=O)c1cccc(Oc2c(F)c(F)c(C)c(F)c2Cl)c1)[N+](=O)[O-]. The Morgan fingerprint density at radius 1 is 1.15 bits per heavy atom. The van der Waals surface area contributed by atoms with Gasteiger partial charge in [-0.1, -0.05) is 23.7 Å². The molecule has 2 rings (SSSR count). The molecule has 0 spiro atoms. The molecule has 0 bridgehead atoms. The minimum Gasteiger partial charge on any atom is -0.456 e. The van der Waals surface area contributed by atoms with Gasteiger partial charge in [0.05, 0.1) is 11.5 Å². The van der Waals surface area contributed by atoms with Crippen LogP contribution in [0.4, 0.5) is 13.2 Å². The lowest BCUT2D eigenvalue weighted by Crippen LogP contribution is -2.36. The van der Waals surface area contributed by atoms with E-state index in [0.717, 1.165) is 13.0 Å². The summed E-state index contributed by atoms with van der Waals surface area (Å²) < 4.78 is 61.1. The number of halogens is 4. The smallest absolute Gasteiger partial charge is 0.413 e. The predicted octanol–water partition coefficient (Wildman–Crippen LogP) is 3.85. The van der Waals surface area contributed by atoms with Crippen molar-refractivity contribution in [1.82, 2.24) is 0 Å². The maximum absolute atomic E-state index is 14.2. The van der Waals surface area contributed by atoms with Gasteiger partial charge in [-0.25, -0.2) is 13.6 Å². The van der Waals surface area contributed by atoms with E-state index in [1.54, 1.807) is 0 Å². The Hall–Kier alpha value is -3.22. The minimum absolute atomic E-state index is 0.00128.